The summed E-state index contributed by atoms with van der Waals surface area (Å²) in [5.41, 5.74) is 0.998. The van der Waals surface area contributed by atoms with Crippen LogP contribution in [0.4, 0.5) is 0 Å². The number of rotatable bonds is 3. The van der Waals surface area contributed by atoms with Gasteiger partial charge in [0.2, 0.25) is 0 Å². The van der Waals surface area contributed by atoms with Crippen molar-refractivity contribution < 1.29 is 9.53 Å². The maximum Gasteiger partial charge on any atom is 0.315 e. The van der Waals surface area contributed by atoms with Gasteiger partial charge in [0.05, 0.1) is 12.7 Å². The summed E-state index contributed by atoms with van der Waals surface area (Å²) in [6, 6.07) is 14.0. The fraction of sp³-hybridized carbons (Fsp3) is 0.133. The van der Waals surface area contributed by atoms with Gasteiger partial charge in [-0.05, 0) is 23.3 Å². The van der Waals surface area contributed by atoms with Gasteiger partial charge in [0.15, 0.2) is 0 Å². The molecule has 2 rings (SSSR count). The highest BCUT2D eigenvalue weighted by Gasteiger charge is 2.06. The van der Waals surface area contributed by atoms with Gasteiger partial charge in [-0.2, -0.15) is 0 Å². The number of carbonyl (C=O) groups excluding carboxylic acids is 1. The molecule has 0 fully saturated rings. The Bertz CT molecular complexity index is 550. The zero-order chi connectivity index (χ0) is 12.1. The van der Waals surface area contributed by atoms with Gasteiger partial charge in [-0.1, -0.05) is 48.5 Å². The molecule has 0 N–H and O–H groups in total. The van der Waals surface area contributed by atoms with Crippen molar-refractivity contribution in [3.8, 4) is 0 Å². The Balaban J connectivity index is 2.27. The lowest BCUT2D eigenvalue weighted by Gasteiger charge is -2.05. The van der Waals surface area contributed by atoms with Crippen LogP contribution in [0.25, 0.3) is 10.8 Å². The summed E-state index contributed by atoms with van der Waals surface area (Å²) in [5.74, 6) is -0.237. The Morgan fingerprint density at radius 1 is 1.18 bits per heavy atom. The van der Waals surface area contributed by atoms with Gasteiger partial charge in [-0.15, -0.1) is 0 Å². The van der Waals surface area contributed by atoms with E-state index in [-0.39, 0.29) is 5.97 Å². The molecule has 2 nitrogen and oxygen atoms in total. The molecular formula is C15H14O2. The van der Waals surface area contributed by atoms with Crippen molar-refractivity contribution in [3.05, 3.63) is 60.4 Å². The molecule has 2 aromatic carbocycles. The summed E-state index contributed by atoms with van der Waals surface area (Å²) in [6.45, 7) is 1.81. The first-order valence-corrected chi connectivity index (χ1v) is 5.58. The van der Waals surface area contributed by atoms with E-state index < -0.39 is 0 Å². The standard InChI is InChI=1S/C15H14O2/c1-2-10-17-15(16)11-13-8-5-7-12-6-3-4-9-14(12)13/h2-10H,11H2,1H3/b10-2+. The number of hydrogen-bond acceptors (Lipinski definition) is 2. The van der Waals surface area contributed by atoms with Crippen molar-refractivity contribution in [3.63, 3.8) is 0 Å². The topological polar surface area (TPSA) is 26.3 Å². The molecule has 0 unspecified atom stereocenters. The minimum atomic E-state index is -0.237. The first-order valence-electron chi connectivity index (χ1n) is 5.58. The van der Waals surface area contributed by atoms with E-state index in [0.717, 1.165) is 16.3 Å². The molecule has 0 aliphatic carbocycles. The lowest BCUT2D eigenvalue weighted by Crippen LogP contribution is -2.04. The van der Waals surface area contributed by atoms with E-state index in [9.17, 15) is 4.79 Å². The van der Waals surface area contributed by atoms with Crippen molar-refractivity contribution in [1.82, 2.24) is 0 Å². The SMILES string of the molecule is C/C=C/OC(=O)Cc1cccc2ccccc12. The first kappa shape index (κ1) is 11.4. The average molecular weight is 226 g/mol. The number of esters is 1. The largest absolute Gasteiger partial charge is 0.435 e. The Kier molecular flexibility index (Phi) is 3.55. The summed E-state index contributed by atoms with van der Waals surface area (Å²) in [4.78, 5) is 11.5. The molecular weight excluding hydrogens is 212 g/mol. The van der Waals surface area contributed by atoms with Gasteiger partial charge < -0.3 is 4.74 Å². The summed E-state index contributed by atoms with van der Waals surface area (Å²) in [7, 11) is 0. The highest BCUT2D eigenvalue weighted by Crippen LogP contribution is 2.19. The Morgan fingerprint density at radius 2 is 1.94 bits per heavy atom. The molecule has 0 amide bonds. The van der Waals surface area contributed by atoms with Gasteiger partial charge in [-0.25, -0.2) is 0 Å². The lowest BCUT2D eigenvalue weighted by atomic mass is 10.0. The van der Waals surface area contributed by atoms with Crippen LogP contribution >= 0.6 is 0 Å². The van der Waals surface area contributed by atoms with E-state index >= 15 is 0 Å². The Hall–Kier alpha value is -2.09. The monoisotopic (exact) mass is 226 g/mol. The van der Waals surface area contributed by atoms with E-state index in [1.54, 1.807) is 6.08 Å². The van der Waals surface area contributed by atoms with E-state index in [1.165, 1.54) is 6.26 Å². The van der Waals surface area contributed by atoms with Crippen LogP contribution in [0.1, 0.15) is 12.5 Å². The highest BCUT2D eigenvalue weighted by atomic mass is 16.5. The summed E-state index contributed by atoms with van der Waals surface area (Å²) in [6.07, 6.45) is 3.40. The molecule has 0 spiro atoms. The van der Waals surface area contributed by atoms with Gasteiger partial charge in [0, 0.05) is 0 Å². The second kappa shape index (κ2) is 5.30. The fourth-order valence-corrected chi connectivity index (χ4v) is 1.79. The minimum Gasteiger partial charge on any atom is -0.435 e. The maximum atomic E-state index is 11.5. The molecule has 86 valence electrons. The van der Waals surface area contributed by atoms with Crippen LogP contribution in [0.5, 0.6) is 0 Å². The molecule has 0 saturated carbocycles. The maximum absolute atomic E-state index is 11.5. The molecule has 2 aromatic rings. The first-order chi connectivity index (χ1) is 8.31. The number of fused-ring (bicyclic) bond motifs is 1. The predicted molar refractivity (Wildman–Crippen MR) is 68.6 cm³/mol. The minimum absolute atomic E-state index is 0.237. The van der Waals surface area contributed by atoms with Gasteiger partial charge in [0.1, 0.15) is 0 Å². The van der Waals surface area contributed by atoms with Crippen LogP contribution in [0.2, 0.25) is 0 Å². The summed E-state index contributed by atoms with van der Waals surface area (Å²) < 4.78 is 4.92. The van der Waals surface area contributed by atoms with Gasteiger partial charge in [-0.3, -0.25) is 4.79 Å². The number of allylic oxidation sites excluding steroid dienone is 1. The van der Waals surface area contributed by atoms with Crippen LogP contribution < -0.4 is 0 Å². The van der Waals surface area contributed by atoms with Crippen molar-refractivity contribution in [2.45, 2.75) is 13.3 Å². The molecule has 0 aromatic heterocycles. The highest BCUT2D eigenvalue weighted by molar-refractivity contribution is 5.89. The normalized spacial score (nSPS) is 10.9. The van der Waals surface area contributed by atoms with Crippen LogP contribution in [-0.2, 0) is 16.0 Å². The van der Waals surface area contributed by atoms with E-state index in [1.807, 2.05) is 49.4 Å². The second-order valence-corrected chi connectivity index (χ2v) is 3.77. The Labute approximate surface area is 101 Å². The molecule has 0 aliphatic rings. The quantitative estimate of drug-likeness (QED) is 0.591. The van der Waals surface area contributed by atoms with Crippen molar-refractivity contribution in [2.75, 3.05) is 0 Å². The molecule has 0 saturated heterocycles. The third-order valence-electron chi connectivity index (χ3n) is 2.55. The molecule has 0 aliphatic heterocycles. The average Bonchev–Trinajstić information content (AvgIpc) is 2.37. The number of hydrogen-bond donors (Lipinski definition) is 0. The zero-order valence-corrected chi connectivity index (χ0v) is 9.72. The molecule has 0 atom stereocenters. The second-order valence-electron chi connectivity index (χ2n) is 3.77. The van der Waals surface area contributed by atoms with Crippen molar-refractivity contribution in [2.24, 2.45) is 0 Å². The van der Waals surface area contributed by atoms with Crippen molar-refractivity contribution >= 4 is 16.7 Å². The molecule has 2 heteroatoms. The molecule has 17 heavy (non-hydrogen) atoms. The lowest BCUT2D eigenvalue weighted by molar-refractivity contribution is -0.137. The third-order valence-corrected chi connectivity index (χ3v) is 2.55. The zero-order valence-electron chi connectivity index (χ0n) is 9.72. The van der Waals surface area contributed by atoms with Crippen LogP contribution in [0.3, 0.4) is 0 Å². The predicted octanol–water partition coefficient (Wildman–Crippen LogP) is 3.46. The summed E-state index contributed by atoms with van der Waals surface area (Å²) in [5, 5.41) is 2.25. The molecule has 0 heterocycles. The Morgan fingerprint density at radius 3 is 2.76 bits per heavy atom. The van der Waals surface area contributed by atoms with Gasteiger partial charge in [0.25, 0.3) is 0 Å². The number of benzene rings is 2. The third kappa shape index (κ3) is 2.72. The van der Waals surface area contributed by atoms with Crippen LogP contribution in [0.15, 0.2) is 54.8 Å². The van der Waals surface area contributed by atoms with E-state index in [4.69, 9.17) is 4.74 Å². The van der Waals surface area contributed by atoms with E-state index in [2.05, 4.69) is 0 Å². The number of ether oxygens (including phenoxy) is 1. The van der Waals surface area contributed by atoms with Crippen molar-refractivity contribution in [1.29, 1.82) is 0 Å². The number of carbonyl (C=O) groups is 1. The van der Waals surface area contributed by atoms with Gasteiger partial charge >= 0.3 is 5.97 Å². The smallest absolute Gasteiger partial charge is 0.315 e. The fourth-order valence-electron chi connectivity index (χ4n) is 1.79. The molecule has 0 radical (unpaired) electrons. The van der Waals surface area contributed by atoms with E-state index in [0.29, 0.717) is 6.42 Å². The summed E-state index contributed by atoms with van der Waals surface area (Å²) >= 11 is 0. The van der Waals surface area contributed by atoms with Crippen LogP contribution in [0, 0.1) is 0 Å². The molecule has 0 bridgehead atoms. The van der Waals surface area contributed by atoms with Crippen LogP contribution in [-0.4, -0.2) is 5.97 Å².